The van der Waals surface area contributed by atoms with E-state index >= 15 is 0 Å². The maximum atomic E-state index is 12.7. The van der Waals surface area contributed by atoms with E-state index in [0.717, 1.165) is 10.5 Å². The highest BCUT2D eigenvalue weighted by Gasteiger charge is 2.36. The predicted molar refractivity (Wildman–Crippen MR) is 110 cm³/mol. The van der Waals surface area contributed by atoms with Crippen molar-refractivity contribution in [1.29, 1.82) is 0 Å². The molecule has 32 heavy (non-hydrogen) atoms. The molecular weight excluding hydrogens is 412 g/mol. The second-order valence-electron chi connectivity index (χ2n) is 7.10. The number of nitrogens with zero attached hydrogens (tertiary/aromatic N) is 2. The van der Waals surface area contributed by atoms with Crippen LogP contribution in [0.1, 0.15) is 42.7 Å². The van der Waals surface area contributed by atoms with Gasteiger partial charge in [0.2, 0.25) is 5.89 Å². The Morgan fingerprint density at radius 1 is 0.969 bits per heavy atom. The van der Waals surface area contributed by atoms with E-state index in [-0.39, 0.29) is 35.7 Å². The van der Waals surface area contributed by atoms with Crippen LogP contribution in [0.3, 0.4) is 0 Å². The second kappa shape index (κ2) is 7.99. The monoisotopic (exact) mass is 428 g/mol. The Balaban J connectivity index is 1.27. The average molecular weight is 428 g/mol. The first-order valence-electron chi connectivity index (χ1n) is 9.80. The van der Waals surface area contributed by atoms with Gasteiger partial charge in [-0.1, -0.05) is 30.3 Å². The van der Waals surface area contributed by atoms with Crippen molar-refractivity contribution in [3.05, 3.63) is 101 Å². The van der Waals surface area contributed by atoms with E-state index < -0.39 is 17.8 Å². The summed E-state index contributed by atoms with van der Waals surface area (Å²) in [5.41, 5.74) is 1.40. The van der Waals surface area contributed by atoms with Crippen molar-refractivity contribution in [1.82, 2.24) is 9.88 Å². The molecule has 158 valence electrons. The second-order valence-corrected chi connectivity index (χ2v) is 7.10. The third-order valence-corrected chi connectivity index (χ3v) is 5.04. The van der Waals surface area contributed by atoms with Gasteiger partial charge < -0.3 is 13.6 Å². The Labute approximate surface area is 182 Å². The molecule has 0 N–H and O–H groups in total. The Kier molecular flexibility index (Phi) is 4.87. The van der Waals surface area contributed by atoms with Gasteiger partial charge in [0.05, 0.1) is 35.7 Å². The van der Waals surface area contributed by atoms with Crippen molar-refractivity contribution in [2.75, 3.05) is 0 Å². The van der Waals surface area contributed by atoms with E-state index in [0.29, 0.717) is 11.5 Å². The molecule has 1 aliphatic heterocycles. The van der Waals surface area contributed by atoms with Crippen molar-refractivity contribution < 1.29 is 28.0 Å². The Hall–Kier alpha value is -4.46. The molecule has 0 unspecified atom stereocenters. The van der Waals surface area contributed by atoms with Gasteiger partial charge in [0.15, 0.2) is 12.4 Å². The number of oxazole rings is 1. The summed E-state index contributed by atoms with van der Waals surface area (Å²) in [7, 11) is 0. The van der Waals surface area contributed by atoms with E-state index in [1.165, 1.54) is 24.5 Å². The SMILES string of the molecule is O=C(OCc1ncc(-c2ccccc2)o1)c1ccc2c(c1)C(=O)N(Cc1ccco1)C2=O. The number of hydrogen-bond acceptors (Lipinski definition) is 7. The lowest BCUT2D eigenvalue weighted by Crippen LogP contribution is -2.28. The average Bonchev–Trinajstić information content (AvgIpc) is 3.56. The topological polar surface area (TPSA) is 103 Å². The van der Waals surface area contributed by atoms with Gasteiger partial charge in [-0.15, -0.1) is 0 Å². The number of carbonyl (C=O) groups is 3. The number of benzene rings is 2. The number of carbonyl (C=O) groups excluding carboxylic acids is 3. The summed E-state index contributed by atoms with van der Waals surface area (Å²) in [5.74, 6) is -0.285. The highest BCUT2D eigenvalue weighted by atomic mass is 16.5. The molecule has 4 aromatic rings. The van der Waals surface area contributed by atoms with Crippen LogP contribution in [-0.4, -0.2) is 27.7 Å². The molecule has 2 aromatic carbocycles. The number of furan rings is 1. The Bertz CT molecular complexity index is 1310. The first-order valence-corrected chi connectivity index (χ1v) is 9.80. The van der Waals surface area contributed by atoms with Gasteiger partial charge in [-0.3, -0.25) is 14.5 Å². The van der Waals surface area contributed by atoms with Gasteiger partial charge in [0.1, 0.15) is 5.76 Å². The van der Waals surface area contributed by atoms with Crippen LogP contribution in [0.2, 0.25) is 0 Å². The lowest BCUT2D eigenvalue weighted by molar-refractivity contribution is 0.0438. The van der Waals surface area contributed by atoms with Crippen LogP contribution in [0.5, 0.6) is 0 Å². The minimum atomic E-state index is -0.656. The van der Waals surface area contributed by atoms with E-state index in [4.69, 9.17) is 13.6 Å². The molecule has 0 fully saturated rings. The fourth-order valence-electron chi connectivity index (χ4n) is 3.44. The molecule has 0 aliphatic carbocycles. The van der Waals surface area contributed by atoms with Crippen molar-refractivity contribution >= 4 is 17.8 Å². The van der Waals surface area contributed by atoms with E-state index in [9.17, 15) is 14.4 Å². The van der Waals surface area contributed by atoms with Crippen LogP contribution in [0.25, 0.3) is 11.3 Å². The van der Waals surface area contributed by atoms with Crippen LogP contribution in [-0.2, 0) is 17.9 Å². The van der Waals surface area contributed by atoms with Crippen LogP contribution in [0.15, 0.2) is 82.0 Å². The smallest absolute Gasteiger partial charge is 0.338 e. The number of hydrogen-bond donors (Lipinski definition) is 0. The molecule has 8 heteroatoms. The maximum absolute atomic E-state index is 12.7. The molecule has 0 radical (unpaired) electrons. The lowest BCUT2D eigenvalue weighted by atomic mass is 10.1. The standard InChI is InChI=1S/C24H16N2O6/c27-22-18-9-8-16(11-19(18)23(28)26(22)13-17-7-4-10-30-17)24(29)31-14-21-25-12-20(32-21)15-5-2-1-3-6-15/h1-12H,13-14H2. The summed E-state index contributed by atoms with van der Waals surface area (Å²) < 4.78 is 16.1. The number of ether oxygens (including phenoxy) is 1. The zero-order valence-corrected chi connectivity index (χ0v) is 16.7. The van der Waals surface area contributed by atoms with Gasteiger partial charge in [-0.2, -0.15) is 0 Å². The number of amides is 2. The normalized spacial score (nSPS) is 12.8. The fraction of sp³-hybridized carbons (Fsp3) is 0.0833. The summed E-state index contributed by atoms with van der Waals surface area (Å²) in [6.07, 6.45) is 3.03. The van der Waals surface area contributed by atoms with Crippen LogP contribution < -0.4 is 0 Å². The van der Waals surface area contributed by atoms with Crippen molar-refractivity contribution in [3.8, 4) is 11.3 Å². The molecule has 0 atom stereocenters. The third-order valence-electron chi connectivity index (χ3n) is 5.04. The third kappa shape index (κ3) is 3.58. The van der Waals surface area contributed by atoms with Crippen molar-refractivity contribution in [2.45, 2.75) is 13.2 Å². The summed E-state index contributed by atoms with van der Waals surface area (Å²) in [6.45, 7) is -0.146. The first-order chi connectivity index (χ1) is 15.6. The molecule has 0 saturated heterocycles. The number of esters is 1. The minimum absolute atomic E-state index is 0.0209. The Morgan fingerprint density at radius 2 is 1.78 bits per heavy atom. The number of aromatic nitrogens is 1. The number of rotatable bonds is 6. The molecule has 2 amide bonds. The minimum Gasteiger partial charge on any atom is -0.467 e. The molecule has 8 nitrogen and oxygen atoms in total. The molecule has 1 aliphatic rings. The van der Waals surface area contributed by atoms with E-state index in [1.807, 2.05) is 30.3 Å². The van der Waals surface area contributed by atoms with Gasteiger partial charge >= 0.3 is 5.97 Å². The summed E-state index contributed by atoms with van der Waals surface area (Å²) in [6, 6.07) is 17.1. The lowest BCUT2D eigenvalue weighted by Gasteiger charge is -2.11. The molecule has 0 saturated carbocycles. The van der Waals surface area contributed by atoms with Gasteiger partial charge in [0.25, 0.3) is 11.8 Å². The molecule has 5 rings (SSSR count). The first kappa shape index (κ1) is 19.5. The number of imide groups is 1. The largest absolute Gasteiger partial charge is 0.467 e. The summed E-state index contributed by atoms with van der Waals surface area (Å²) >= 11 is 0. The summed E-state index contributed by atoms with van der Waals surface area (Å²) in [4.78, 5) is 43.0. The predicted octanol–water partition coefficient (Wildman–Crippen LogP) is 4.09. The molecule has 0 spiro atoms. The molecule has 3 heterocycles. The van der Waals surface area contributed by atoms with Gasteiger partial charge in [-0.05, 0) is 30.3 Å². The van der Waals surface area contributed by atoms with Crippen LogP contribution in [0, 0.1) is 0 Å². The fourth-order valence-corrected chi connectivity index (χ4v) is 3.44. The highest BCUT2D eigenvalue weighted by molar-refractivity contribution is 6.21. The zero-order valence-electron chi connectivity index (χ0n) is 16.7. The van der Waals surface area contributed by atoms with Gasteiger partial charge in [-0.25, -0.2) is 9.78 Å². The molecular formula is C24H16N2O6. The molecule has 0 bridgehead atoms. The van der Waals surface area contributed by atoms with E-state index in [2.05, 4.69) is 4.98 Å². The van der Waals surface area contributed by atoms with Crippen LogP contribution >= 0.6 is 0 Å². The Morgan fingerprint density at radius 3 is 2.56 bits per heavy atom. The van der Waals surface area contributed by atoms with Gasteiger partial charge in [0, 0.05) is 5.56 Å². The quantitative estimate of drug-likeness (QED) is 0.337. The zero-order chi connectivity index (χ0) is 22.1. The van der Waals surface area contributed by atoms with Crippen molar-refractivity contribution in [3.63, 3.8) is 0 Å². The van der Waals surface area contributed by atoms with E-state index in [1.54, 1.807) is 18.3 Å². The maximum Gasteiger partial charge on any atom is 0.338 e. The highest BCUT2D eigenvalue weighted by Crippen LogP contribution is 2.26. The van der Waals surface area contributed by atoms with Crippen LogP contribution in [0.4, 0.5) is 0 Å². The van der Waals surface area contributed by atoms with Crippen molar-refractivity contribution in [2.24, 2.45) is 0 Å². The molecule has 2 aromatic heterocycles. The summed E-state index contributed by atoms with van der Waals surface area (Å²) in [5, 5.41) is 0. The number of fused-ring (bicyclic) bond motifs is 1.